The van der Waals surface area contributed by atoms with Gasteiger partial charge in [0.2, 0.25) is 0 Å². The Hall–Kier alpha value is 0.623. The van der Waals surface area contributed by atoms with Crippen LogP contribution < -0.4 is 0 Å². The van der Waals surface area contributed by atoms with Gasteiger partial charge in [-0.15, -0.1) is 0 Å². The first-order chi connectivity index (χ1) is 6.92. The summed E-state index contributed by atoms with van der Waals surface area (Å²) in [6, 6.07) is 0. The van der Waals surface area contributed by atoms with Crippen molar-refractivity contribution in [3.05, 3.63) is 0 Å². The summed E-state index contributed by atoms with van der Waals surface area (Å²) in [5.74, 6) is 0. The van der Waals surface area contributed by atoms with E-state index in [4.69, 9.17) is 4.74 Å². The van der Waals surface area contributed by atoms with Crippen LogP contribution >= 0.6 is 19.8 Å². The van der Waals surface area contributed by atoms with Crippen molar-refractivity contribution in [2.45, 2.75) is 43.7 Å². The molecule has 15 heavy (non-hydrogen) atoms. The summed E-state index contributed by atoms with van der Waals surface area (Å²) in [6.45, 7) is 7.54. The van der Waals surface area contributed by atoms with Gasteiger partial charge in [-0.3, -0.25) is 0 Å². The molecular formula is C10H18INO2Zn. The zero-order valence-corrected chi connectivity index (χ0v) is 14.9. The SMILES string of the molecule is CC(C)(C)OC(=O)N1CC[CH]([Zn][I])CC1. The normalized spacial score (nSPS) is 18.5. The first-order valence-electron chi connectivity index (χ1n) is 5.46. The molecule has 0 aromatic rings. The Labute approximate surface area is 110 Å². The quantitative estimate of drug-likeness (QED) is 0.519. The number of nitrogens with zero attached hydrogens (tertiary/aromatic N) is 1. The molecule has 0 unspecified atom stereocenters. The van der Waals surface area contributed by atoms with Crippen molar-refractivity contribution in [3.8, 4) is 0 Å². The molecule has 5 heteroatoms. The van der Waals surface area contributed by atoms with E-state index in [1.54, 1.807) is 0 Å². The van der Waals surface area contributed by atoms with E-state index < -0.39 is 0 Å². The van der Waals surface area contributed by atoms with Gasteiger partial charge in [0, 0.05) is 0 Å². The Morgan fingerprint density at radius 1 is 1.40 bits per heavy atom. The van der Waals surface area contributed by atoms with E-state index in [1.165, 1.54) is 12.8 Å². The summed E-state index contributed by atoms with van der Waals surface area (Å²) >= 11 is 2.29. The van der Waals surface area contributed by atoms with Crippen molar-refractivity contribution < 1.29 is 23.1 Å². The summed E-state index contributed by atoms with van der Waals surface area (Å²) in [4.78, 5) is 13.6. The first kappa shape index (κ1) is 13.7. The van der Waals surface area contributed by atoms with Crippen molar-refractivity contribution in [1.29, 1.82) is 0 Å². The molecular weight excluding hydrogens is 358 g/mol. The summed E-state index contributed by atoms with van der Waals surface area (Å²) in [6.07, 6.45) is 2.26. The zero-order chi connectivity index (χ0) is 11.5. The van der Waals surface area contributed by atoms with Gasteiger partial charge in [0.1, 0.15) is 0 Å². The van der Waals surface area contributed by atoms with Gasteiger partial charge in [-0.25, -0.2) is 0 Å². The maximum absolute atomic E-state index is 11.7. The van der Waals surface area contributed by atoms with Crippen molar-refractivity contribution in [1.82, 2.24) is 4.90 Å². The Morgan fingerprint density at radius 3 is 2.33 bits per heavy atom. The molecule has 1 fully saturated rings. The van der Waals surface area contributed by atoms with E-state index >= 15 is 0 Å². The standard InChI is InChI=1S/C10H18NO2.HI.Zn/c1-10(2,3)13-9(12)11-7-5-4-6-8-11;;/h4H,5-8H2,1-3H3;1H;/q;;+1/p-1. The van der Waals surface area contributed by atoms with Crippen LogP contribution in [0.5, 0.6) is 0 Å². The number of piperidine rings is 1. The molecule has 1 saturated heterocycles. The molecule has 1 heterocycles. The Balaban J connectivity index is 2.37. The molecule has 0 aromatic carbocycles. The zero-order valence-electron chi connectivity index (χ0n) is 9.75. The molecule has 0 radical (unpaired) electrons. The summed E-state index contributed by atoms with van der Waals surface area (Å²) in [5.41, 5.74) is -0.366. The number of ether oxygens (including phenoxy) is 1. The molecule has 0 N–H and O–H groups in total. The van der Waals surface area contributed by atoms with Crippen LogP contribution in [0.4, 0.5) is 4.79 Å². The van der Waals surface area contributed by atoms with Gasteiger partial charge in [-0.05, 0) is 0 Å². The Bertz CT molecular complexity index is 222. The van der Waals surface area contributed by atoms with Gasteiger partial charge in [0.05, 0.1) is 0 Å². The summed E-state index contributed by atoms with van der Waals surface area (Å²) in [5, 5.41) is 0. The summed E-state index contributed by atoms with van der Waals surface area (Å²) in [7, 11) is 0. The monoisotopic (exact) mass is 375 g/mol. The van der Waals surface area contributed by atoms with Crippen LogP contribution in [0.2, 0.25) is 4.51 Å². The van der Waals surface area contributed by atoms with Gasteiger partial charge in [-0.1, -0.05) is 0 Å². The minimum absolute atomic E-state index is 0.137. The fourth-order valence-electron chi connectivity index (χ4n) is 1.60. The van der Waals surface area contributed by atoms with E-state index in [-0.39, 0.29) is 25.3 Å². The molecule has 0 atom stereocenters. The van der Waals surface area contributed by atoms with Crippen LogP contribution in [0, 0.1) is 0 Å². The number of rotatable bonds is 1. The minimum atomic E-state index is -0.366. The third-order valence-corrected chi connectivity index (χ3v) is 11.6. The molecule has 84 valence electrons. The summed E-state index contributed by atoms with van der Waals surface area (Å²) < 4.78 is 6.32. The molecule has 1 amide bonds. The van der Waals surface area contributed by atoms with Gasteiger partial charge < -0.3 is 0 Å². The molecule has 3 nitrogen and oxygen atoms in total. The fourth-order valence-corrected chi connectivity index (χ4v) is 7.59. The van der Waals surface area contributed by atoms with E-state index in [2.05, 4.69) is 19.8 Å². The average molecular weight is 377 g/mol. The van der Waals surface area contributed by atoms with Crippen LogP contribution in [0.25, 0.3) is 0 Å². The van der Waals surface area contributed by atoms with E-state index in [1.807, 2.05) is 25.7 Å². The van der Waals surface area contributed by atoms with Crippen LogP contribution in [0.3, 0.4) is 0 Å². The molecule has 0 bridgehead atoms. The van der Waals surface area contributed by atoms with E-state index in [9.17, 15) is 4.79 Å². The van der Waals surface area contributed by atoms with Gasteiger partial charge in [0.15, 0.2) is 0 Å². The fraction of sp³-hybridized carbons (Fsp3) is 0.900. The second-order valence-electron chi connectivity index (χ2n) is 5.07. The number of carbonyl (C=O) groups is 1. The topological polar surface area (TPSA) is 29.5 Å². The first-order valence-corrected chi connectivity index (χ1v) is 16.2. The van der Waals surface area contributed by atoms with Gasteiger partial charge in [0.25, 0.3) is 0 Å². The molecule has 0 spiro atoms. The van der Waals surface area contributed by atoms with Crippen molar-refractivity contribution >= 4 is 25.8 Å². The molecule has 1 rings (SSSR count). The van der Waals surface area contributed by atoms with Gasteiger partial charge in [-0.2, -0.15) is 0 Å². The molecule has 1 aliphatic heterocycles. The number of amides is 1. The molecule has 0 aliphatic carbocycles. The maximum atomic E-state index is 11.7. The van der Waals surface area contributed by atoms with E-state index in [0.717, 1.165) is 17.6 Å². The van der Waals surface area contributed by atoms with Crippen LogP contribution in [0.15, 0.2) is 0 Å². The molecule has 0 saturated carbocycles. The number of carbonyl (C=O) groups excluding carboxylic acids is 1. The van der Waals surface area contributed by atoms with Gasteiger partial charge >= 0.3 is 111 Å². The second kappa shape index (κ2) is 5.80. The van der Waals surface area contributed by atoms with Crippen molar-refractivity contribution in [2.24, 2.45) is 0 Å². The Kier molecular flexibility index (Phi) is 5.30. The number of hydrogen-bond donors (Lipinski definition) is 0. The third-order valence-electron chi connectivity index (χ3n) is 2.48. The van der Waals surface area contributed by atoms with Crippen LogP contribution in [-0.2, 0) is 18.3 Å². The third kappa shape index (κ3) is 4.98. The Morgan fingerprint density at radius 2 is 1.93 bits per heavy atom. The van der Waals surface area contributed by atoms with Crippen LogP contribution in [0.1, 0.15) is 33.6 Å². The second-order valence-corrected chi connectivity index (χ2v) is 12.7. The number of halogens is 1. The van der Waals surface area contributed by atoms with Crippen LogP contribution in [-0.4, -0.2) is 29.7 Å². The average Bonchev–Trinajstić information content (AvgIpc) is 2.15. The van der Waals surface area contributed by atoms with Crippen molar-refractivity contribution in [2.75, 3.05) is 13.1 Å². The molecule has 0 aromatic heterocycles. The predicted octanol–water partition coefficient (Wildman–Crippen LogP) is 3.24. The number of likely N-dealkylation sites (tertiary alicyclic amines) is 1. The van der Waals surface area contributed by atoms with Crippen molar-refractivity contribution in [3.63, 3.8) is 0 Å². The number of hydrogen-bond acceptors (Lipinski definition) is 2. The van der Waals surface area contributed by atoms with E-state index in [0.29, 0.717) is 0 Å². The predicted molar refractivity (Wildman–Crippen MR) is 64.8 cm³/mol. The molecule has 1 aliphatic rings.